The molecule has 1 aliphatic heterocycles. The van der Waals surface area contributed by atoms with Crippen LogP contribution in [-0.2, 0) is 13.1 Å². The largest absolute Gasteiger partial charge is 0.396 e. The van der Waals surface area contributed by atoms with Crippen LogP contribution in [0.1, 0.15) is 17.5 Å². The van der Waals surface area contributed by atoms with E-state index in [0.29, 0.717) is 6.04 Å². The second-order valence-electron chi connectivity index (χ2n) is 7.36. The molecule has 2 aromatic carbocycles. The van der Waals surface area contributed by atoms with E-state index in [1.54, 1.807) is 0 Å². The molecule has 1 saturated heterocycles. The first-order valence-electron chi connectivity index (χ1n) is 9.59. The third-order valence-corrected chi connectivity index (χ3v) is 5.52. The molecule has 142 valence electrons. The van der Waals surface area contributed by atoms with E-state index in [-0.39, 0.29) is 12.4 Å². The molecule has 1 unspecified atom stereocenters. The minimum atomic E-state index is -0.200. The van der Waals surface area contributed by atoms with Gasteiger partial charge in [0.1, 0.15) is 5.82 Å². The second-order valence-corrected chi connectivity index (χ2v) is 7.36. The van der Waals surface area contributed by atoms with E-state index >= 15 is 0 Å². The van der Waals surface area contributed by atoms with Gasteiger partial charge in [-0.05, 0) is 35.7 Å². The van der Waals surface area contributed by atoms with E-state index < -0.39 is 0 Å². The molecule has 2 heterocycles. The minimum absolute atomic E-state index is 0.186. The molecule has 0 amide bonds. The molecule has 5 heteroatoms. The summed E-state index contributed by atoms with van der Waals surface area (Å²) in [4.78, 5) is 8.23. The highest BCUT2D eigenvalue weighted by Gasteiger charge is 2.27. The SMILES string of the molecule is OCCC1CN(Cc2c[nH]c3ccccc23)CCN1Cc1ccc(F)cc1. The first-order chi connectivity index (χ1) is 13.2. The number of nitrogens with one attached hydrogen (secondary N) is 1. The van der Waals surface area contributed by atoms with E-state index in [0.717, 1.165) is 44.7 Å². The second kappa shape index (κ2) is 8.21. The number of piperazine rings is 1. The fraction of sp³-hybridized carbons (Fsp3) is 0.364. The number of hydrogen-bond donors (Lipinski definition) is 2. The summed E-state index contributed by atoms with van der Waals surface area (Å²) in [5.74, 6) is -0.200. The molecular formula is C22H26FN3O. The Labute approximate surface area is 159 Å². The van der Waals surface area contributed by atoms with Crippen molar-refractivity contribution in [2.24, 2.45) is 0 Å². The summed E-state index contributed by atoms with van der Waals surface area (Å²) in [6, 6.07) is 15.4. The highest BCUT2D eigenvalue weighted by Crippen LogP contribution is 2.22. The van der Waals surface area contributed by atoms with Gasteiger partial charge in [0.05, 0.1) is 0 Å². The number of aliphatic hydroxyl groups excluding tert-OH is 1. The standard InChI is InChI=1S/C22H26FN3O/c23-19-7-5-17(6-8-19)14-26-11-10-25(16-20(26)9-12-27)15-18-13-24-22-4-2-1-3-21(18)22/h1-8,13,20,24,27H,9-12,14-16H2. The van der Waals surface area contributed by atoms with Crippen molar-refractivity contribution in [1.29, 1.82) is 0 Å². The van der Waals surface area contributed by atoms with Gasteiger partial charge in [-0.25, -0.2) is 4.39 Å². The van der Waals surface area contributed by atoms with Gasteiger partial charge in [-0.3, -0.25) is 9.80 Å². The molecule has 27 heavy (non-hydrogen) atoms. The van der Waals surface area contributed by atoms with Crippen molar-refractivity contribution in [3.05, 3.63) is 71.7 Å². The van der Waals surface area contributed by atoms with Gasteiger partial charge in [0, 0.05) is 62.5 Å². The Morgan fingerprint density at radius 1 is 1.04 bits per heavy atom. The summed E-state index contributed by atoms with van der Waals surface area (Å²) in [7, 11) is 0. The summed E-state index contributed by atoms with van der Waals surface area (Å²) in [6.45, 7) is 4.77. The van der Waals surface area contributed by atoms with Gasteiger partial charge >= 0.3 is 0 Å². The fourth-order valence-electron chi connectivity index (χ4n) is 4.06. The lowest BCUT2D eigenvalue weighted by Gasteiger charge is -2.41. The van der Waals surface area contributed by atoms with Crippen LogP contribution in [0.3, 0.4) is 0 Å². The molecule has 0 spiro atoms. The lowest BCUT2D eigenvalue weighted by atomic mass is 10.1. The number of fused-ring (bicyclic) bond motifs is 1. The summed E-state index contributed by atoms with van der Waals surface area (Å²) in [5.41, 5.74) is 3.61. The van der Waals surface area contributed by atoms with Crippen LogP contribution >= 0.6 is 0 Å². The number of para-hydroxylation sites is 1. The highest BCUT2D eigenvalue weighted by molar-refractivity contribution is 5.82. The molecule has 4 nitrogen and oxygen atoms in total. The number of hydrogen-bond acceptors (Lipinski definition) is 3. The maximum absolute atomic E-state index is 13.1. The molecule has 1 aliphatic rings. The van der Waals surface area contributed by atoms with Crippen molar-refractivity contribution in [2.75, 3.05) is 26.2 Å². The zero-order chi connectivity index (χ0) is 18.6. The Hall–Kier alpha value is -2.21. The van der Waals surface area contributed by atoms with E-state index in [9.17, 15) is 9.50 Å². The summed E-state index contributed by atoms with van der Waals surface area (Å²) >= 11 is 0. The Morgan fingerprint density at radius 3 is 2.67 bits per heavy atom. The fourth-order valence-corrected chi connectivity index (χ4v) is 4.06. The van der Waals surface area contributed by atoms with E-state index in [4.69, 9.17) is 0 Å². The van der Waals surface area contributed by atoms with Crippen LogP contribution in [0.25, 0.3) is 10.9 Å². The van der Waals surface area contributed by atoms with Gasteiger partial charge in [0.25, 0.3) is 0 Å². The molecular weight excluding hydrogens is 341 g/mol. The number of nitrogens with zero attached hydrogens (tertiary/aromatic N) is 2. The molecule has 4 rings (SSSR count). The van der Waals surface area contributed by atoms with Gasteiger partial charge in [-0.1, -0.05) is 30.3 Å². The van der Waals surface area contributed by atoms with Crippen LogP contribution in [0.15, 0.2) is 54.7 Å². The third-order valence-electron chi connectivity index (χ3n) is 5.52. The van der Waals surface area contributed by atoms with Crippen LogP contribution < -0.4 is 0 Å². The predicted octanol–water partition coefficient (Wildman–Crippen LogP) is 3.38. The lowest BCUT2D eigenvalue weighted by molar-refractivity contribution is 0.0501. The van der Waals surface area contributed by atoms with Crippen molar-refractivity contribution >= 4 is 10.9 Å². The van der Waals surface area contributed by atoms with Gasteiger partial charge in [0.15, 0.2) is 0 Å². The monoisotopic (exact) mass is 367 g/mol. The van der Waals surface area contributed by atoms with Crippen LogP contribution in [0, 0.1) is 5.82 Å². The number of aromatic amines is 1. The molecule has 3 aromatic rings. The van der Waals surface area contributed by atoms with Crippen LogP contribution in [0.2, 0.25) is 0 Å². The number of H-pyrrole nitrogens is 1. The molecule has 1 fully saturated rings. The molecule has 0 saturated carbocycles. The maximum atomic E-state index is 13.1. The van der Waals surface area contributed by atoms with Crippen molar-refractivity contribution in [1.82, 2.24) is 14.8 Å². The summed E-state index contributed by atoms with van der Waals surface area (Å²) < 4.78 is 13.1. The molecule has 1 aromatic heterocycles. The summed E-state index contributed by atoms with van der Waals surface area (Å²) in [5, 5.41) is 10.8. The van der Waals surface area contributed by atoms with Crippen LogP contribution in [0.4, 0.5) is 4.39 Å². The normalized spacial score (nSPS) is 19.0. The Kier molecular flexibility index (Phi) is 5.53. The maximum Gasteiger partial charge on any atom is 0.123 e. The minimum Gasteiger partial charge on any atom is -0.396 e. The van der Waals surface area contributed by atoms with Crippen molar-refractivity contribution in [2.45, 2.75) is 25.6 Å². The molecule has 2 N–H and O–H groups in total. The third kappa shape index (κ3) is 4.21. The average molecular weight is 367 g/mol. The number of aliphatic hydroxyl groups is 1. The van der Waals surface area contributed by atoms with E-state index in [1.165, 1.54) is 28.6 Å². The Morgan fingerprint density at radius 2 is 1.85 bits per heavy atom. The molecule has 0 radical (unpaired) electrons. The zero-order valence-electron chi connectivity index (χ0n) is 15.4. The highest BCUT2D eigenvalue weighted by atomic mass is 19.1. The first kappa shape index (κ1) is 18.2. The Bertz CT molecular complexity index is 877. The smallest absolute Gasteiger partial charge is 0.123 e. The Balaban J connectivity index is 1.43. The number of rotatable bonds is 6. The van der Waals surface area contributed by atoms with Crippen molar-refractivity contribution in [3.63, 3.8) is 0 Å². The van der Waals surface area contributed by atoms with Crippen LogP contribution in [0.5, 0.6) is 0 Å². The topological polar surface area (TPSA) is 42.5 Å². The van der Waals surface area contributed by atoms with Gasteiger partial charge < -0.3 is 10.1 Å². The van der Waals surface area contributed by atoms with E-state index in [2.05, 4.69) is 39.2 Å². The van der Waals surface area contributed by atoms with Crippen molar-refractivity contribution < 1.29 is 9.50 Å². The zero-order valence-corrected chi connectivity index (χ0v) is 15.4. The average Bonchev–Trinajstić information content (AvgIpc) is 3.09. The van der Waals surface area contributed by atoms with E-state index in [1.807, 2.05) is 18.2 Å². The van der Waals surface area contributed by atoms with Crippen molar-refractivity contribution in [3.8, 4) is 0 Å². The molecule has 0 bridgehead atoms. The first-order valence-corrected chi connectivity index (χ1v) is 9.59. The predicted molar refractivity (Wildman–Crippen MR) is 106 cm³/mol. The number of benzene rings is 2. The number of aromatic nitrogens is 1. The molecule has 0 aliphatic carbocycles. The van der Waals surface area contributed by atoms with Gasteiger partial charge in [-0.2, -0.15) is 0 Å². The quantitative estimate of drug-likeness (QED) is 0.702. The molecule has 1 atom stereocenters. The summed E-state index contributed by atoms with van der Waals surface area (Å²) in [6.07, 6.45) is 2.86. The van der Waals surface area contributed by atoms with Gasteiger partial charge in [-0.15, -0.1) is 0 Å². The van der Waals surface area contributed by atoms with Crippen LogP contribution in [-0.4, -0.2) is 52.2 Å². The lowest BCUT2D eigenvalue weighted by Crippen LogP contribution is -2.52. The number of halogens is 1. The van der Waals surface area contributed by atoms with Gasteiger partial charge in [0.2, 0.25) is 0 Å².